The molecule has 0 bridgehead atoms. The van der Waals surface area contributed by atoms with E-state index in [0.717, 1.165) is 10.4 Å². The first kappa shape index (κ1) is 15.5. The average Bonchev–Trinajstić information content (AvgIpc) is 2.73. The fourth-order valence-corrected chi connectivity index (χ4v) is 3.10. The van der Waals surface area contributed by atoms with E-state index < -0.39 is 5.97 Å². The summed E-state index contributed by atoms with van der Waals surface area (Å²) in [5.41, 5.74) is 1.64. The molecule has 0 aliphatic rings. The number of amides is 1. The van der Waals surface area contributed by atoms with Crippen molar-refractivity contribution >= 4 is 39.8 Å². The molecule has 4 nitrogen and oxygen atoms in total. The Morgan fingerprint density at radius 2 is 2.00 bits per heavy atom. The van der Waals surface area contributed by atoms with Gasteiger partial charge in [0.25, 0.3) is 5.91 Å². The SMILES string of the molecule is COC(=O)c1c(NC(=O)c2cccc(Cl)c2)sc(C)c1C. The van der Waals surface area contributed by atoms with Crippen molar-refractivity contribution in [2.24, 2.45) is 0 Å². The van der Waals surface area contributed by atoms with E-state index in [-0.39, 0.29) is 5.91 Å². The molecular formula is C15H14ClNO3S. The maximum Gasteiger partial charge on any atom is 0.341 e. The van der Waals surface area contributed by atoms with E-state index in [9.17, 15) is 9.59 Å². The van der Waals surface area contributed by atoms with Crippen LogP contribution in [0.2, 0.25) is 5.02 Å². The normalized spacial score (nSPS) is 10.3. The summed E-state index contributed by atoms with van der Waals surface area (Å²) < 4.78 is 4.77. The summed E-state index contributed by atoms with van der Waals surface area (Å²) >= 11 is 7.22. The molecule has 1 aromatic carbocycles. The van der Waals surface area contributed by atoms with Gasteiger partial charge in [0.15, 0.2) is 0 Å². The largest absolute Gasteiger partial charge is 0.465 e. The second kappa shape index (κ2) is 6.28. The Morgan fingerprint density at radius 1 is 1.29 bits per heavy atom. The minimum absolute atomic E-state index is 0.316. The molecule has 0 fully saturated rings. The Labute approximate surface area is 131 Å². The van der Waals surface area contributed by atoms with Gasteiger partial charge in [0.05, 0.1) is 12.7 Å². The molecule has 6 heteroatoms. The lowest BCUT2D eigenvalue weighted by atomic mass is 10.1. The molecule has 1 heterocycles. The minimum atomic E-state index is -0.460. The predicted octanol–water partition coefficient (Wildman–Crippen LogP) is 4.06. The van der Waals surface area contributed by atoms with Crippen LogP contribution in [0.15, 0.2) is 24.3 Å². The number of methoxy groups -OCH3 is 1. The fraction of sp³-hybridized carbons (Fsp3) is 0.200. The zero-order valence-corrected chi connectivity index (χ0v) is 13.4. The number of aryl methyl sites for hydroxylation is 1. The van der Waals surface area contributed by atoms with Gasteiger partial charge in [-0.3, -0.25) is 4.79 Å². The molecular weight excluding hydrogens is 310 g/mol. The van der Waals surface area contributed by atoms with Crippen LogP contribution in [0.5, 0.6) is 0 Å². The number of thiophene rings is 1. The van der Waals surface area contributed by atoms with Gasteiger partial charge in [0.2, 0.25) is 0 Å². The number of nitrogens with one attached hydrogen (secondary N) is 1. The molecule has 1 aromatic heterocycles. The molecule has 2 rings (SSSR count). The van der Waals surface area contributed by atoms with Gasteiger partial charge in [0.1, 0.15) is 5.00 Å². The van der Waals surface area contributed by atoms with Crippen molar-refractivity contribution in [3.63, 3.8) is 0 Å². The van der Waals surface area contributed by atoms with Crippen LogP contribution < -0.4 is 5.32 Å². The molecule has 0 spiro atoms. The van der Waals surface area contributed by atoms with E-state index in [2.05, 4.69) is 5.32 Å². The Morgan fingerprint density at radius 3 is 2.62 bits per heavy atom. The second-order valence-electron chi connectivity index (χ2n) is 4.44. The predicted molar refractivity (Wildman–Crippen MR) is 84.5 cm³/mol. The summed E-state index contributed by atoms with van der Waals surface area (Å²) in [4.78, 5) is 25.0. The summed E-state index contributed by atoms with van der Waals surface area (Å²) in [5, 5.41) is 3.72. The van der Waals surface area contributed by atoms with Crippen LogP contribution in [0.3, 0.4) is 0 Å². The highest BCUT2D eigenvalue weighted by molar-refractivity contribution is 7.16. The number of carbonyl (C=O) groups is 2. The number of hydrogen-bond acceptors (Lipinski definition) is 4. The third-order valence-electron chi connectivity index (χ3n) is 3.09. The lowest BCUT2D eigenvalue weighted by Gasteiger charge is -2.06. The van der Waals surface area contributed by atoms with Gasteiger partial charge in [-0.1, -0.05) is 17.7 Å². The zero-order valence-electron chi connectivity index (χ0n) is 11.8. The minimum Gasteiger partial charge on any atom is -0.465 e. The summed E-state index contributed by atoms with van der Waals surface area (Å²) in [6.45, 7) is 3.72. The van der Waals surface area contributed by atoms with Gasteiger partial charge in [-0.15, -0.1) is 11.3 Å². The van der Waals surface area contributed by atoms with E-state index >= 15 is 0 Å². The van der Waals surface area contributed by atoms with Crippen LogP contribution in [0.1, 0.15) is 31.2 Å². The number of carbonyl (C=O) groups excluding carboxylic acids is 2. The van der Waals surface area contributed by atoms with Crippen molar-refractivity contribution in [2.45, 2.75) is 13.8 Å². The van der Waals surface area contributed by atoms with Crippen molar-refractivity contribution in [1.82, 2.24) is 0 Å². The summed E-state index contributed by atoms with van der Waals surface area (Å²) in [6, 6.07) is 6.62. The van der Waals surface area contributed by atoms with E-state index in [1.807, 2.05) is 13.8 Å². The van der Waals surface area contributed by atoms with Gasteiger partial charge < -0.3 is 10.1 Å². The average molecular weight is 324 g/mol. The molecule has 0 atom stereocenters. The van der Waals surface area contributed by atoms with Gasteiger partial charge in [0, 0.05) is 15.5 Å². The molecule has 2 aromatic rings. The lowest BCUT2D eigenvalue weighted by Crippen LogP contribution is -2.14. The third-order valence-corrected chi connectivity index (χ3v) is 4.45. The second-order valence-corrected chi connectivity index (χ2v) is 6.10. The molecule has 0 unspecified atom stereocenters. The van der Waals surface area contributed by atoms with Gasteiger partial charge in [-0.2, -0.15) is 0 Å². The highest BCUT2D eigenvalue weighted by atomic mass is 35.5. The number of esters is 1. The number of rotatable bonds is 3. The number of ether oxygens (including phenoxy) is 1. The quantitative estimate of drug-likeness (QED) is 0.867. The smallest absolute Gasteiger partial charge is 0.341 e. The van der Waals surface area contributed by atoms with Crippen LogP contribution in [0.4, 0.5) is 5.00 Å². The van der Waals surface area contributed by atoms with Crippen LogP contribution in [-0.2, 0) is 4.74 Å². The van der Waals surface area contributed by atoms with Crippen molar-refractivity contribution in [3.8, 4) is 0 Å². The molecule has 0 radical (unpaired) electrons. The van der Waals surface area contributed by atoms with Crippen molar-refractivity contribution in [3.05, 3.63) is 50.9 Å². The highest BCUT2D eigenvalue weighted by Crippen LogP contribution is 2.33. The highest BCUT2D eigenvalue weighted by Gasteiger charge is 2.21. The van der Waals surface area contributed by atoms with E-state index in [1.165, 1.54) is 18.4 Å². The van der Waals surface area contributed by atoms with Crippen LogP contribution in [0.25, 0.3) is 0 Å². The Kier molecular flexibility index (Phi) is 4.65. The molecule has 1 amide bonds. The van der Waals surface area contributed by atoms with E-state index in [4.69, 9.17) is 16.3 Å². The van der Waals surface area contributed by atoms with Crippen molar-refractivity contribution in [2.75, 3.05) is 12.4 Å². The van der Waals surface area contributed by atoms with Gasteiger partial charge in [-0.05, 0) is 37.6 Å². The van der Waals surface area contributed by atoms with Crippen LogP contribution in [0, 0.1) is 13.8 Å². The van der Waals surface area contributed by atoms with Crippen LogP contribution in [-0.4, -0.2) is 19.0 Å². The molecule has 0 aliphatic carbocycles. The molecule has 0 saturated heterocycles. The zero-order chi connectivity index (χ0) is 15.6. The number of halogens is 1. The van der Waals surface area contributed by atoms with Crippen LogP contribution >= 0.6 is 22.9 Å². The lowest BCUT2D eigenvalue weighted by molar-refractivity contribution is 0.0601. The van der Waals surface area contributed by atoms with Crippen molar-refractivity contribution in [1.29, 1.82) is 0 Å². The summed E-state index contributed by atoms with van der Waals surface area (Å²) in [5.74, 6) is -0.776. The summed E-state index contributed by atoms with van der Waals surface area (Å²) in [6.07, 6.45) is 0. The number of benzene rings is 1. The number of anilines is 1. The summed E-state index contributed by atoms with van der Waals surface area (Å²) in [7, 11) is 1.32. The Hall–Kier alpha value is -1.85. The van der Waals surface area contributed by atoms with Crippen molar-refractivity contribution < 1.29 is 14.3 Å². The molecule has 1 N–H and O–H groups in total. The van der Waals surface area contributed by atoms with E-state index in [0.29, 0.717) is 21.2 Å². The first-order chi connectivity index (χ1) is 9.93. The van der Waals surface area contributed by atoms with Gasteiger partial charge >= 0.3 is 5.97 Å². The standard InChI is InChI=1S/C15H14ClNO3S/c1-8-9(2)21-14(12(8)15(19)20-3)17-13(18)10-5-4-6-11(16)7-10/h4-7H,1-3H3,(H,17,18). The maximum atomic E-state index is 12.2. The maximum absolute atomic E-state index is 12.2. The monoisotopic (exact) mass is 323 g/mol. The third kappa shape index (κ3) is 3.25. The Balaban J connectivity index is 2.34. The molecule has 21 heavy (non-hydrogen) atoms. The first-order valence-corrected chi connectivity index (χ1v) is 7.38. The molecule has 110 valence electrons. The Bertz CT molecular complexity index is 709. The molecule has 0 aliphatic heterocycles. The first-order valence-electron chi connectivity index (χ1n) is 6.19. The topological polar surface area (TPSA) is 55.4 Å². The number of hydrogen-bond donors (Lipinski definition) is 1. The van der Waals surface area contributed by atoms with Gasteiger partial charge in [-0.25, -0.2) is 4.79 Å². The van der Waals surface area contributed by atoms with E-state index in [1.54, 1.807) is 24.3 Å². The molecule has 0 saturated carbocycles. The fourth-order valence-electron chi connectivity index (χ4n) is 1.87.